The molecule has 0 N–H and O–H groups in total. The van der Waals surface area contributed by atoms with Crippen LogP contribution in [0.1, 0.15) is 0 Å². The van der Waals surface area contributed by atoms with Gasteiger partial charge in [0.15, 0.2) is 10.9 Å². The molecule has 0 unspecified atom stereocenters. The third kappa shape index (κ3) is 2.72. The van der Waals surface area contributed by atoms with Crippen molar-refractivity contribution in [1.29, 1.82) is 0 Å². The molecule has 0 aliphatic rings. The molecule has 94 valence electrons. The SMILES string of the molecule is O=c1c(Cl)nsnc1Oc1c(Cl)cc(F)cc1Cl. The average Bonchev–Trinajstić information content (AvgIpc) is 2.28. The van der Waals surface area contributed by atoms with Gasteiger partial charge in [-0.05, 0) is 12.1 Å². The molecule has 2 rings (SSSR count). The number of rotatable bonds is 2. The zero-order valence-electron chi connectivity index (χ0n) is 8.29. The third-order valence-electron chi connectivity index (χ3n) is 1.79. The van der Waals surface area contributed by atoms with E-state index in [1.54, 1.807) is 0 Å². The topological polar surface area (TPSA) is 52.1 Å². The summed E-state index contributed by atoms with van der Waals surface area (Å²) in [7, 11) is 0. The molecular formula is C9H2Cl3FN2O2S. The smallest absolute Gasteiger partial charge is 0.283 e. The van der Waals surface area contributed by atoms with Gasteiger partial charge in [-0.3, -0.25) is 4.79 Å². The molecule has 1 aromatic heterocycles. The lowest BCUT2D eigenvalue weighted by Gasteiger charge is -2.07. The Morgan fingerprint density at radius 2 is 1.78 bits per heavy atom. The normalized spacial score (nSPS) is 10.4. The van der Waals surface area contributed by atoms with Crippen LogP contribution in [0, 0.1) is 5.82 Å². The van der Waals surface area contributed by atoms with Gasteiger partial charge in [-0.25, -0.2) is 4.39 Å². The van der Waals surface area contributed by atoms with Crippen LogP contribution in [-0.2, 0) is 0 Å². The van der Waals surface area contributed by atoms with E-state index in [2.05, 4.69) is 8.75 Å². The minimum atomic E-state index is -0.702. The lowest BCUT2D eigenvalue weighted by Crippen LogP contribution is -2.08. The predicted molar refractivity (Wildman–Crippen MR) is 67.7 cm³/mol. The molecule has 1 heterocycles. The first-order chi connectivity index (χ1) is 8.49. The van der Waals surface area contributed by atoms with Crippen molar-refractivity contribution in [2.75, 3.05) is 0 Å². The van der Waals surface area contributed by atoms with Crippen molar-refractivity contribution < 1.29 is 9.13 Å². The minimum Gasteiger partial charge on any atom is -0.432 e. The van der Waals surface area contributed by atoms with Crippen LogP contribution in [0.4, 0.5) is 4.39 Å². The van der Waals surface area contributed by atoms with Gasteiger partial charge in [-0.2, -0.15) is 4.37 Å². The van der Waals surface area contributed by atoms with E-state index >= 15 is 0 Å². The lowest BCUT2D eigenvalue weighted by molar-refractivity contribution is 0.461. The maximum Gasteiger partial charge on any atom is 0.283 e. The molecule has 0 fully saturated rings. The number of nitrogens with zero attached hydrogens (tertiary/aromatic N) is 2. The maximum atomic E-state index is 13.0. The molecule has 0 amide bonds. The minimum absolute atomic E-state index is 0.0706. The molecule has 0 spiro atoms. The fourth-order valence-electron chi connectivity index (χ4n) is 1.05. The van der Waals surface area contributed by atoms with Crippen molar-refractivity contribution in [3.63, 3.8) is 0 Å². The molecule has 0 saturated heterocycles. The standard InChI is InChI=1S/C9H2Cl3FN2O2S/c10-4-1-3(13)2-5(11)7(4)17-9-6(16)8(12)14-18-15-9/h1-2H. The van der Waals surface area contributed by atoms with Crippen molar-refractivity contribution in [1.82, 2.24) is 8.75 Å². The molecule has 18 heavy (non-hydrogen) atoms. The van der Waals surface area contributed by atoms with Gasteiger partial charge in [0, 0.05) is 0 Å². The molecule has 2 aromatic rings. The monoisotopic (exact) mass is 326 g/mol. The van der Waals surface area contributed by atoms with Gasteiger partial charge in [0.05, 0.1) is 21.8 Å². The first kappa shape index (κ1) is 13.5. The van der Waals surface area contributed by atoms with E-state index in [0.717, 1.165) is 12.1 Å². The zero-order valence-corrected chi connectivity index (χ0v) is 11.4. The molecular weight excluding hydrogens is 326 g/mol. The van der Waals surface area contributed by atoms with Gasteiger partial charge < -0.3 is 4.74 Å². The van der Waals surface area contributed by atoms with Crippen LogP contribution in [0.3, 0.4) is 0 Å². The summed E-state index contributed by atoms with van der Waals surface area (Å²) in [5, 5.41) is -0.447. The molecule has 4 nitrogen and oxygen atoms in total. The Hall–Kier alpha value is -0.950. The fraction of sp³-hybridized carbons (Fsp3) is 0. The highest BCUT2D eigenvalue weighted by Gasteiger charge is 2.15. The third-order valence-corrected chi connectivity index (χ3v) is 3.22. The number of benzene rings is 1. The first-order valence-electron chi connectivity index (χ1n) is 4.34. The second-order valence-electron chi connectivity index (χ2n) is 2.99. The molecule has 1 aromatic carbocycles. The van der Waals surface area contributed by atoms with Gasteiger partial charge in [-0.15, -0.1) is 4.37 Å². The summed E-state index contributed by atoms with van der Waals surface area (Å²) in [5.41, 5.74) is -0.702. The van der Waals surface area contributed by atoms with E-state index in [9.17, 15) is 9.18 Å². The fourth-order valence-corrected chi connectivity index (χ4v) is 2.15. The van der Waals surface area contributed by atoms with Crippen molar-refractivity contribution in [3.05, 3.63) is 43.4 Å². The zero-order chi connectivity index (χ0) is 13.3. The van der Waals surface area contributed by atoms with Crippen molar-refractivity contribution in [2.24, 2.45) is 0 Å². The summed E-state index contributed by atoms with van der Waals surface area (Å²) in [6.45, 7) is 0. The Morgan fingerprint density at radius 3 is 2.39 bits per heavy atom. The van der Waals surface area contributed by atoms with Crippen LogP contribution in [0.15, 0.2) is 16.9 Å². The summed E-state index contributed by atoms with van der Waals surface area (Å²) < 4.78 is 25.3. The van der Waals surface area contributed by atoms with Crippen LogP contribution < -0.4 is 10.2 Å². The van der Waals surface area contributed by atoms with Crippen LogP contribution in [-0.4, -0.2) is 8.75 Å². The number of hydrogen-bond acceptors (Lipinski definition) is 5. The van der Waals surface area contributed by atoms with E-state index in [0.29, 0.717) is 11.7 Å². The second kappa shape index (κ2) is 5.36. The van der Waals surface area contributed by atoms with Gasteiger partial charge in [0.25, 0.3) is 11.3 Å². The quantitative estimate of drug-likeness (QED) is 0.842. The first-order valence-corrected chi connectivity index (χ1v) is 6.20. The molecule has 0 atom stereocenters. The summed E-state index contributed by atoms with van der Waals surface area (Å²) in [4.78, 5) is 11.5. The molecule has 0 saturated carbocycles. The van der Waals surface area contributed by atoms with Crippen molar-refractivity contribution in [2.45, 2.75) is 0 Å². The Kier molecular flexibility index (Phi) is 4.01. The molecule has 9 heteroatoms. The Bertz CT molecular complexity index is 641. The molecule has 0 radical (unpaired) electrons. The largest absolute Gasteiger partial charge is 0.432 e. The van der Waals surface area contributed by atoms with Gasteiger partial charge in [-0.1, -0.05) is 34.8 Å². The van der Waals surface area contributed by atoms with Gasteiger partial charge >= 0.3 is 0 Å². The predicted octanol–water partition coefficient (Wildman–Crippen LogP) is 3.79. The van der Waals surface area contributed by atoms with E-state index in [-0.39, 0.29) is 26.8 Å². The molecule has 0 aliphatic carbocycles. The number of halogens is 4. The second-order valence-corrected chi connectivity index (χ2v) is 4.69. The Morgan fingerprint density at radius 1 is 1.17 bits per heavy atom. The van der Waals surface area contributed by atoms with Crippen LogP contribution >= 0.6 is 46.5 Å². The summed E-state index contributed by atoms with van der Waals surface area (Å²) in [5.74, 6) is -1.02. The van der Waals surface area contributed by atoms with Crippen molar-refractivity contribution in [3.8, 4) is 11.6 Å². The summed E-state index contributed by atoms with van der Waals surface area (Å²) >= 11 is 17.7. The highest BCUT2D eigenvalue weighted by atomic mass is 35.5. The molecule has 0 bridgehead atoms. The lowest BCUT2D eigenvalue weighted by atomic mass is 10.3. The van der Waals surface area contributed by atoms with E-state index in [1.165, 1.54) is 0 Å². The van der Waals surface area contributed by atoms with Gasteiger partial charge in [0.1, 0.15) is 5.82 Å². The van der Waals surface area contributed by atoms with E-state index in [1.807, 2.05) is 0 Å². The van der Waals surface area contributed by atoms with Crippen LogP contribution in [0.5, 0.6) is 11.6 Å². The Balaban J connectivity index is 2.47. The van der Waals surface area contributed by atoms with Crippen molar-refractivity contribution >= 4 is 46.5 Å². The number of hydrogen-bond donors (Lipinski definition) is 0. The highest BCUT2D eigenvalue weighted by molar-refractivity contribution is 6.99. The highest BCUT2D eigenvalue weighted by Crippen LogP contribution is 2.35. The summed E-state index contributed by atoms with van der Waals surface area (Å²) in [6, 6.07) is 2.00. The number of aromatic nitrogens is 2. The maximum absolute atomic E-state index is 13.0. The van der Waals surface area contributed by atoms with E-state index < -0.39 is 11.2 Å². The average molecular weight is 328 g/mol. The van der Waals surface area contributed by atoms with Gasteiger partial charge in [0.2, 0.25) is 0 Å². The van der Waals surface area contributed by atoms with Crippen LogP contribution in [0.2, 0.25) is 15.2 Å². The molecule has 0 aliphatic heterocycles. The Labute approximate surface area is 119 Å². The van der Waals surface area contributed by atoms with E-state index in [4.69, 9.17) is 39.5 Å². The summed E-state index contributed by atoms with van der Waals surface area (Å²) in [6.07, 6.45) is 0. The number of ether oxygens (including phenoxy) is 1. The van der Waals surface area contributed by atoms with Crippen LogP contribution in [0.25, 0.3) is 0 Å².